The number of piperidine rings is 1. The van der Waals surface area contributed by atoms with Gasteiger partial charge in [0.25, 0.3) is 0 Å². The van der Waals surface area contributed by atoms with Gasteiger partial charge in [-0.1, -0.05) is 99.2 Å². The molecule has 1 heterocycles. The first kappa shape index (κ1) is 25.6. The van der Waals surface area contributed by atoms with E-state index in [1.165, 1.54) is 16.7 Å². The highest BCUT2D eigenvalue weighted by molar-refractivity contribution is 5.95. The van der Waals surface area contributed by atoms with Crippen molar-refractivity contribution in [2.45, 2.75) is 71.5 Å². The molecule has 2 aromatic rings. The Balaban J connectivity index is 1.21. The number of nitrogens with zero attached hydrogens (tertiary/aromatic N) is 1. The van der Waals surface area contributed by atoms with Gasteiger partial charge in [0.1, 0.15) is 6.10 Å². The van der Waals surface area contributed by atoms with E-state index in [0.717, 1.165) is 57.3 Å². The molecule has 1 fully saturated rings. The minimum Gasteiger partial charge on any atom is -0.365 e. The molecule has 4 rings (SSSR count). The molecule has 35 heavy (non-hydrogen) atoms. The Morgan fingerprint density at radius 2 is 1.51 bits per heavy atom. The van der Waals surface area contributed by atoms with E-state index in [1.54, 1.807) is 0 Å². The molecule has 0 saturated carbocycles. The fraction of sp³-hybridized carbons (Fsp3) is 0.469. The third-order valence-electron chi connectivity index (χ3n) is 7.40. The van der Waals surface area contributed by atoms with Crippen LogP contribution in [0.2, 0.25) is 0 Å². The normalized spacial score (nSPS) is 17.8. The molecule has 3 nitrogen and oxygen atoms in total. The van der Waals surface area contributed by atoms with E-state index < -0.39 is 0 Å². The number of carbonyl (C=O) groups is 1. The van der Waals surface area contributed by atoms with Gasteiger partial charge >= 0.3 is 0 Å². The fourth-order valence-corrected chi connectivity index (χ4v) is 5.16. The van der Waals surface area contributed by atoms with Crippen LogP contribution in [0.3, 0.4) is 0 Å². The van der Waals surface area contributed by atoms with Crippen LogP contribution in [0.1, 0.15) is 76.5 Å². The number of benzene rings is 2. The summed E-state index contributed by atoms with van der Waals surface area (Å²) in [6.07, 6.45) is 10.1. The van der Waals surface area contributed by atoms with Crippen molar-refractivity contribution in [3.8, 4) is 0 Å². The number of likely N-dealkylation sites (tertiary alicyclic amines) is 1. The molecule has 0 bridgehead atoms. The van der Waals surface area contributed by atoms with Crippen molar-refractivity contribution in [3.63, 3.8) is 0 Å². The Bertz CT molecular complexity index is 969. The predicted molar refractivity (Wildman–Crippen MR) is 144 cm³/mol. The van der Waals surface area contributed by atoms with Crippen LogP contribution < -0.4 is 0 Å². The van der Waals surface area contributed by atoms with Crippen LogP contribution in [0.4, 0.5) is 0 Å². The molecule has 0 atom stereocenters. The molecule has 3 heteroatoms. The Hall–Kier alpha value is -2.49. The van der Waals surface area contributed by atoms with Crippen molar-refractivity contribution in [2.24, 2.45) is 5.41 Å². The van der Waals surface area contributed by atoms with Gasteiger partial charge in [0.05, 0.1) is 6.10 Å². The monoisotopic (exact) mass is 471 g/mol. The SMILES string of the molecule is CC(C)(C)C1=CCC(C(=O)CCCN2CCC(OC(c3ccccc3)c3ccccc3)CC2)=CC1. The number of rotatable bonds is 9. The molecule has 1 saturated heterocycles. The Morgan fingerprint density at radius 1 is 0.914 bits per heavy atom. The van der Waals surface area contributed by atoms with Gasteiger partial charge in [0, 0.05) is 19.5 Å². The van der Waals surface area contributed by atoms with Crippen LogP contribution in [0, 0.1) is 5.41 Å². The van der Waals surface area contributed by atoms with Crippen LogP contribution in [0.25, 0.3) is 0 Å². The largest absolute Gasteiger partial charge is 0.365 e. The molecule has 0 unspecified atom stereocenters. The minimum atomic E-state index is -0.0248. The minimum absolute atomic E-state index is 0.0248. The molecule has 0 aromatic heterocycles. The van der Waals surface area contributed by atoms with Crippen molar-refractivity contribution in [2.75, 3.05) is 19.6 Å². The summed E-state index contributed by atoms with van der Waals surface area (Å²) in [5.74, 6) is 0.334. The van der Waals surface area contributed by atoms with Crippen molar-refractivity contribution < 1.29 is 9.53 Å². The number of carbonyl (C=O) groups excluding carboxylic acids is 1. The highest BCUT2D eigenvalue weighted by Gasteiger charge is 2.25. The lowest BCUT2D eigenvalue weighted by Gasteiger charge is -2.34. The first-order valence-corrected chi connectivity index (χ1v) is 13.3. The maximum atomic E-state index is 12.7. The van der Waals surface area contributed by atoms with E-state index in [1.807, 2.05) is 0 Å². The fourth-order valence-electron chi connectivity index (χ4n) is 5.16. The maximum Gasteiger partial charge on any atom is 0.158 e. The number of ketones is 1. The zero-order valence-electron chi connectivity index (χ0n) is 21.7. The average molecular weight is 472 g/mol. The van der Waals surface area contributed by atoms with E-state index in [2.05, 4.69) is 98.5 Å². The lowest BCUT2D eigenvalue weighted by Crippen LogP contribution is -2.38. The predicted octanol–water partition coefficient (Wildman–Crippen LogP) is 7.30. The summed E-state index contributed by atoms with van der Waals surface area (Å²) in [4.78, 5) is 15.2. The van der Waals surface area contributed by atoms with Crippen molar-refractivity contribution in [3.05, 3.63) is 95.1 Å². The van der Waals surface area contributed by atoms with Crippen molar-refractivity contribution >= 4 is 5.78 Å². The van der Waals surface area contributed by atoms with E-state index in [4.69, 9.17) is 4.74 Å². The quantitative estimate of drug-likeness (QED) is 0.359. The highest BCUT2D eigenvalue weighted by Crippen LogP contribution is 2.33. The third-order valence-corrected chi connectivity index (χ3v) is 7.40. The molecule has 0 amide bonds. The van der Waals surface area contributed by atoms with E-state index >= 15 is 0 Å². The third kappa shape index (κ3) is 7.25. The van der Waals surface area contributed by atoms with Gasteiger partial charge in [0.2, 0.25) is 0 Å². The van der Waals surface area contributed by atoms with Crippen LogP contribution in [0.5, 0.6) is 0 Å². The van der Waals surface area contributed by atoms with Crippen LogP contribution >= 0.6 is 0 Å². The Labute approximate surface area is 211 Å². The number of hydrogen-bond donors (Lipinski definition) is 0. The summed E-state index contributed by atoms with van der Waals surface area (Å²) in [6, 6.07) is 21.1. The van der Waals surface area contributed by atoms with Gasteiger partial charge in [0.15, 0.2) is 5.78 Å². The first-order chi connectivity index (χ1) is 16.9. The lowest BCUT2D eigenvalue weighted by atomic mass is 9.80. The topological polar surface area (TPSA) is 29.5 Å². The van der Waals surface area contributed by atoms with Gasteiger partial charge in [-0.15, -0.1) is 0 Å². The van der Waals surface area contributed by atoms with Crippen LogP contribution in [-0.2, 0) is 9.53 Å². The molecule has 1 aliphatic heterocycles. The maximum absolute atomic E-state index is 12.7. The molecule has 2 aliphatic rings. The summed E-state index contributed by atoms with van der Waals surface area (Å²) in [6.45, 7) is 9.81. The van der Waals surface area contributed by atoms with Gasteiger partial charge in [-0.25, -0.2) is 0 Å². The summed E-state index contributed by atoms with van der Waals surface area (Å²) >= 11 is 0. The smallest absolute Gasteiger partial charge is 0.158 e. The summed E-state index contributed by atoms with van der Waals surface area (Å²) in [7, 11) is 0. The second-order valence-corrected chi connectivity index (χ2v) is 11.0. The molecule has 0 radical (unpaired) electrons. The van der Waals surface area contributed by atoms with Gasteiger partial charge in [-0.3, -0.25) is 4.79 Å². The van der Waals surface area contributed by atoms with Crippen LogP contribution in [-0.4, -0.2) is 36.4 Å². The number of allylic oxidation sites excluding steroid dienone is 4. The van der Waals surface area contributed by atoms with E-state index in [0.29, 0.717) is 12.2 Å². The summed E-state index contributed by atoms with van der Waals surface area (Å²) < 4.78 is 6.67. The Morgan fingerprint density at radius 3 is 2.03 bits per heavy atom. The van der Waals surface area contributed by atoms with Gasteiger partial charge in [-0.05, 0) is 60.8 Å². The molecule has 186 valence electrons. The number of hydrogen-bond acceptors (Lipinski definition) is 3. The molecule has 2 aromatic carbocycles. The molecule has 0 spiro atoms. The van der Waals surface area contributed by atoms with E-state index in [9.17, 15) is 4.79 Å². The lowest BCUT2D eigenvalue weighted by molar-refractivity contribution is -0.115. The highest BCUT2D eigenvalue weighted by atomic mass is 16.5. The van der Waals surface area contributed by atoms with Gasteiger partial charge in [-0.2, -0.15) is 0 Å². The molecular formula is C32H41NO2. The van der Waals surface area contributed by atoms with Crippen LogP contribution in [0.15, 0.2) is 84.0 Å². The summed E-state index contributed by atoms with van der Waals surface area (Å²) in [5, 5.41) is 0. The van der Waals surface area contributed by atoms with Crippen molar-refractivity contribution in [1.29, 1.82) is 0 Å². The second-order valence-electron chi connectivity index (χ2n) is 11.0. The Kier molecular flexibility index (Phi) is 8.75. The van der Waals surface area contributed by atoms with E-state index in [-0.39, 0.29) is 17.6 Å². The standard InChI is InChI=1S/C32H41NO2/c1-32(2,3)28-18-16-25(17-19-28)30(34)15-10-22-33-23-20-29(21-24-33)35-31(26-11-6-4-7-12-26)27-13-8-5-9-14-27/h4-9,11-14,16,19,29,31H,10,15,17-18,20-24H2,1-3H3. The number of Topliss-reactive ketones (excluding diaryl/α,β-unsaturated/α-hetero) is 1. The van der Waals surface area contributed by atoms with Crippen molar-refractivity contribution in [1.82, 2.24) is 4.90 Å². The summed E-state index contributed by atoms with van der Waals surface area (Å²) in [5.41, 5.74) is 5.07. The zero-order valence-corrected chi connectivity index (χ0v) is 21.7. The second kappa shape index (κ2) is 12.0. The molecule has 0 N–H and O–H groups in total. The average Bonchev–Trinajstić information content (AvgIpc) is 2.88. The molecular weight excluding hydrogens is 430 g/mol. The van der Waals surface area contributed by atoms with Gasteiger partial charge < -0.3 is 9.64 Å². The molecule has 1 aliphatic carbocycles. The zero-order chi connectivity index (χ0) is 24.7. The number of ether oxygens (including phenoxy) is 1. The first-order valence-electron chi connectivity index (χ1n) is 13.3.